The van der Waals surface area contributed by atoms with Crippen LogP contribution in [-0.2, 0) is 56.9 Å². The summed E-state index contributed by atoms with van der Waals surface area (Å²) in [5, 5.41) is 8.56. The number of methoxy groups -OCH3 is 2. The molecular formula is C25H53NaO13S. The molecule has 2 fully saturated rings. The van der Waals surface area contributed by atoms with Gasteiger partial charge in [0.05, 0.1) is 84.5 Å². The van der Waals surface area contributed by atoms with E-state index in [-0.39, 0.29) is 63.0 Å². The molecule has 40 heavy (non-hydrogen) atoms. The summed E-state index contributed by atoms with van der Waals surface area (Å²) >= 11 is 0. The van der Waals surface area contributed by atoms with Crippen molar-refractivity contribution in [2.45, 2.75) is 64.3 Å². The molecule has 2 rings (SSSR count). The van der Waals surface area contributed by atoms with E-state index in [9.17, 15) is 8.42 Å². The number of aliphatic hydroxyl groups excluding tert-OH is 1. The number of aliphatic hydroxyl groups is 1. The van der Waals surface area contributed by atoms with Gasteiger partial charge in [0, 0.05) is 27.4 Å². The molecule has 13 nitrogen and oxygen atoms in total. The van der Waals surface area contributed by atoms with Gasteiger partial charge in [-0.05, 0) is 40.5 Å². The molecule has 0 radical (unpaired) electrons. The van der Waals surface area contributed by atoms with E-state index in [1.165, 1.54) is 0 Å². The fraction of sp³-hybridized carbons (Fsp3) is 1.00. The van der Waals surface area contributed by atoms with Crippen molar-refractivity contribution in [2.24, 2.45) is 0 Å². The fourth-order valence-corrected chi connectivity index (χ4v) is 3.49. The van der Waals surface area contributed by atoms with Gasteiger partial charge in [-0.15, -0.1) is 0 Å². The Morgan fingerprint density at radius 1 is 0.725 bits per heavy atom. The molecule has 0 aromatic rings. The van der Waals surface area contributed by atoms with E-state index in [1.807, 2.05) is 27.7 Å². The van der Waals surface area contributed by atoms with Gasteiger partial charge in [-0.25, -0.2) is 0 Å². The van der Waals surface area contributed by atoms with E-state index in [4.69, 9.17) is 47.7 Å². The maximum absolute atomic E-state index is 10.4. The molecule has 0 spiro atoms. The molecule has 0 bridgehead atoms. The standard InChI is InChI=1S/C12H24O5.C7H14O3.C6H14O5S.Na.H/c1-12(2)16-10-11(17-12)4-5-14-8-9-15-7-6-13-3;1-7(2)9-5-6(10-7)3-4-8;1-9-3-4-10-5-6-11-12(2,7)8;;/h11H,4-10H2,1-3H3;6,8H,3-5H2,1-2H3;3-6H2,1-2H3;;/q;;;+1;-1. The summed E-state index contributed by atoms with van der Waals surface area (Å²) in [6.45, 7) is 13.5. The van der Waals surface area contributed by atoms with Crippen molar-refractivity contribution in [1.29, 1.82) is 0 Å². The van der Waals surface area contributed by atoms with E-state index in [2.05, 4.69) is 4.18 Å². The largest absolute Gasteiger partial charge is 1.00 e. The first-order valence-corrected chi connectivity index (χ1v) is 15.0. The van der Waals surface area contributed by atoms with Crippen LogP contribution in [0.1, 0.15) is 42.0 Å². The third-order valence-corrected chi connectivity index (χ3v) is 5.53. The van der Waals surface area contributed by atoms with Crippen LogP contribution >= 0.6 is 0 Å². The monoisotopic (exact) mass is 616 g/mol. The normalized spacial score (nSPS) is 21.1. The fourth-order valence-electron chi connectivity index (χ4n) is 3.12. The minimum Gasteiger partial charge on any atom is -1.00 e. The van der Waals surface area contributed by atoms with Gasteiger partial charge in [0.1, 0.15) is 0 Å². The summed E-state index contributed by atoms with van der Waals surface area (Å²) in [7, 11) is -0.105. The average molecular weight is 617 g/mol. The summed E-state index contributed by atoms with van der Waals surface area (Å²) in [5.41, 5.74) is 0. The molecular weight excluding hydrogens is 563 g/mol. The third-order valence-electron chi connectivity index (χ3n) is 4.93. The first-order valence-electron chi connectivity index (χ1n) is 13.1. The molecule has 0 amide bonds. The predicted molar refractivity (Wildman–Crippen MR) is 144 cm³/mol. The van der Waals surface area contributed by atoms with Crippen LogP contribution in [0.25, 0.3) is 0 Å². The summed E-state index contributed by atoms with van der Waals surface area (Å²) in [5.74, 6) is -0.881. The molecule has 2 aliphatic rings. The van der Waals surface area contributed by atoms with E-state index in [0.29, 0.717) is 65.9 Å². The molecule has 0 aliphatic carbocycles. The van der Waals surface area contributed by atoms with E-state index in [1.54, 1.807) is 14.2 Å². The van der Waals surface area contributed by atoms with Crippen LogP contribution in [0.4, 0.5) is 0 Å². The molecule has 238 valence electrons. The van der Waals surface area contributed by atoms with Crippen molar-refractivity contribution in [3.8, 4) is 0 Å². The maximum atomic E-state index is 10.4. The molecule has 2 unspecified atom stereocenters. The zero-order chi connectivity index (χ0) is 29.6. The SMILES string of the molecule is CC1(C)OCC(CCO)O1.COCCOCCOCCC1COC(C)(C)O1.COCCOCCOS(C)(=O)=O.[H-].[Na+]. The number of ether oxygens (including phenoxy) is 9. The third kappa shape index (κ3) is 27.3. The second kappa shape index (κ2) is 24.9. The van der Waals surface area contributed by atoms with Crippen LogP contribution in [0.3, 0.4) is 0 Å². The van der Waals surface area contributed by atoms with Crippen molar-refractivity contribution in [2.75, 3.05) is 99.8 Å². The molecule has 0 saturated carbocycles. The molecule has 2 heterocycles. The van der Waals surface area contributed by atoms with Crippen LogP contribution in [0, 0.1) is 0 Å². The van der Waals surface area contributed by atoms with Gasteiger partial charge in [-0.3, -0.25) is 4.18 Å². The maximum Gasteiger partial charge on any atom is 1.00 e. The second-order valence-corrected chi connectivity index (χ2v) is 11.2. The van der Waals surface area contributed by atoms with Crippen LogP contribution < -0.4 is 29.6 Å². The van der Waals surface area contributed by atoms with E-state index < -0.39 is 21.7 Å². The number of hydrogen-bond donors (Lipinski definition) is 1. The Hall–Kier alpha value is 0.510. The van der Waals surface area contributed by atoms with Crippen LogP contribution in [0.15, 0.2) is 0 Å². The van der Waals surface area contributed by atoms with Crippen LogP contribution in [-0.4, -0.2) is 137 Å². The quantitative estimate of drug-likeness (QED) is 0.108. The minimum absolute atomic E-state index is 0. The average Bonchev–Trinajstić information content (AvgIpc) is 3.38. The zero-order valence-electron chi connectivity index (χ0n) is 26.8. The van der Waals surface area contributed by atoms with Gasteiger partial charge < -0.3 is 49.2 Å². The van der Waals surface area contributed by atoms with Crippen molar-refractivity contribution >= 4 is 10.1 Å². The van der Waals surface area contributed by atoms with Crippen LogP contribution in [0.2, 0.25) is 0 Å². The minimum atomic E-state index is -3.33. The van der Waals surface area contributed by atoms with Gasteiger partial charge in [0.2, 0.25) is 0 Å². The first kappa shape index (κ1) is 42.6. The summed E-state index contributed by atoms with van der Waals surface area (Å²) in [6.07, 6.45) is 2.77. The van der Waals surface area contributed by atoms with Crippen molar-refractivity contribution in [3.05, 3.63) is 0 Å². The number of rotatable bonds is 18. The Balaban J connectivity index is -0.000000536. The molecule has 2 saturated heterocycles. The molecule has 0 aromatic carbocycles. The molecule has 2 aliphatic heterocycles. The Bertz CT molecular complexity index is 686. The smallest absolute Gasteiger partial charge is 1.00 e. The predicted octanol–water partition coefficient (Wildman–Crippen LogP) is -1.53. The van der Waals surface area contributed by atoms with E-state index >= 15 is 0 Å². The Morgan fingerprint density at radius 3 is 1.50 bits per heavy atom. The van der Waals surface area contributed by atoms with Gasteiger partial charge in [-0.1, -0.05) is 0 Å². The Kier molecular flexibility index (Phi) is 26.5. The van der Waals surface area contributed by atoms with Crippen molar-refractivity contribution in [3.63, 3.8) is 0 Å². The van der Waals surface area contributed by atoms with E-state index in [0.717, 1.165) is 12.7 Å². The summed E-state index contributed by atoms with van der Waals surface area (Å²) < 4.78 is 72.3. The van der Waals surface area contributed by atoms with Gasteiger partial charge in [0.15, 0.2) is 11.6 Å². The zero-order valence-corrected chi connectivity index (χ0v) is 28.6. The van der Waals surface area contributed by atoms with Gasteiger partial charge >= 0.3 is 29.6 Å². The topological polar surface area (TPSA) is 147 Å². The van der Waals surface area contributed by atoms with Crippen molar-refractivity contribution in [1.82, 2.24) is 0 Å². The van der Waals surface area contributed by atoms with Gasteiger partial charge in [0.25, 0.3) is 10.1 Å². The summed E-state index contributed by atoms with van der Waals surface area (Å²) in [4.78, 5) is 0. The van der Waals surface area contributed by atoms with Crippen molar-refractivity contribution < 1.29 is 91.3 Å². The molecule has 0 aromatic heterocycles. The van der Waals surface area contributed by atoms with Crippen LogP contribution in [0.5, 0.6) is 0 Å². The molecule has 15 heteroatoms. The molecule has 2 atom stereocenters. The Morgan fingerprint density at radius 2 is 1.12 bits per heavy atom. The first-order chi connectivity index (χ1) is 18.3. The Labute approximate surface area is 264 Å². The second-order valence-electron chi connectivity index (χ2n) is 9.55. The van der Waals surface area contributed by atoms with Gasteiger partial charge in [-0.2, -0.15) is 8.42 Å². The molecule has 1 N–H and O–H groups in total. The summed E-state index contributed by atoms with van der Waals surface area (Å²) in [6, 6.07) is 0. The number of hydrogen-bond acceptors (Lipinski definition) is 13.